The van der Waals surface area contributed by atoms with Gasteiger partial charge in [0.1, 0.15) is 0 Å². The van der Waals surface area contributed by atoms with E-state index in [1.807, 2.05) is 17.2 Å². The van der Waals surface area contributed by atoms with E-state index in [9.17, 15) is 4.79 Å². The van der Waals surface area contributed by atoms with Gasteiger partial charge < -0.3 is 4.90 Å². The Morgan fingerprint density at radius 2 is 1.73 bits per heavy atom. The number of pyridine rings is 2. The SMILES string of the molecule is O=C(c1ccncc1)N1CCC(=C2/C=C\C=C/CC3=C2c2ncccc2CC3)CC1. The van der Waals surface area contributed by atoms with E-state index < -0.39 is 0 Å². The highest BCUT2D eigenvalue weighted by molar-refractivity contribution is 5.94. The molecule has 0 N–H and O–H groups in total. The van der Waals surface area contributed by atoms with Crippen LogP contribution in [0.15, 0.2) is 83.9 Å². The highest BCUT2D eigenvalue weighted by atomic mass is 16.2. The van der Waals surface area contributed by atoms with Gasteiger partial charge in [-0.1, -0.05) is 41.5 Å². The molecule has 150 valence electrons. The molecule has 0 aromatic carbocycles. The van der Waals surface area contributed by atoms with Crippen molar-refractivity contribution in [1.82, 2.24) is 14.9 Å². The second kappa shape index (κ2) is 8.23. The fourth-order valence-electron chi connectivity index (χ4n) is 4.71. The molecule has 3 heterocycles. The van der Waals surface area contributed by atoms with Crippen LogP contribution in [0.1, 0.15) is 47.3 Å². The molecule has 1 aliphatic heterocycles. The number of piperidine rings is 1. The number of carbonyl (C=O) groups excluding carboxylic acids is 1. The number of nitrogens with zero attached hydrogens (tertiary/aromatic N) is 3. The molecule has 2 aliphatic carbocycles. The molecular formula is C26H25N3O. The van der Waals surface area contributed by atoms with Crippen LogP contribution < -0.4 is 0 Å². The van der Waals surface area contributed by atoms with Crippen LogP contribution in [0.5, 0.6) is 0 Å². The van der Waals surface area contributed by atoms with Crippen LogP contribution in [0.2, 0.25) is 0 Å². The van der Waals surface area contributed by atoms with Gasteiger partial charge in [0.25, 0.3) is 5.91 Å². The van der Waals surface area contributed by atoms with Crippen molar-refractivity contribution in [3.8, 4) is 0 Å². The summed E-state index contributed by atoms with van der Waals surface area (Å²) in [4.78, 5) is 23.6. The highest BCUT2D eigenvalue weighted by Crippen LogP contribution is 2.40. The summed E-state index contributed by atoms with van der Waals surface area (Å²) in [6.07, 6.45) is 19.0. The summed E-state index contributed by atoms with van der Waals surface area (Å²) in [7, 11) is 0. The normalized spacial score (nSPS) is 20.7. The van der Waals surface area contributed by atoms with E-state index in [1.165, 1.54) is 27.9 Å². The number of amides is 1. The molecule has 0 spiro atoms. The van der Waals surface area contributed by atoms with Crippen molar-refractivity contribution in [1.29, 1.82) is 0 Å². The second-order valence-electron chi connectivity index (χ2n) is 8.03. The van der Waals surface area contributed by atoms with Crippen molar-refractivity contribution in [2.24, 2.45) is 0 Å². The quantitative estimate of drug-likeness (QED) is 0.688. The van der Waals surface area contributed by atoms with Crippen molar-refractivity contribution in [3.63, 3.8) is 0 Å². The van der Waals surface area contributed by atoms with Crippen molar-refractivity contribution < 1.29 is 4.79 Å². The number of hydrogen-bond acceptors (Lipinski definition) is 3. The molecule has 5 rings (SSSR count). The monoisotopic (exact) mass is 395 g/mol. The third-order valence-corrected chi connectivity index (χ3v) is 6.28. The number of hydrogen-bond donors (Lipinski definition) is 0. The Morgan fingerprint density at radius 3 is 2.57 bits per heavy atom. The number of fused-ring (bicyclic) bond motifs is 2. The summed E-state index contributed by atoms with van der Waals surface area (Å²) >= 11 is 0. The minimum Gasteiger partial charge on any atom is -0.338 e. The van der Waals surface area contributed by atoms with Crippen LogP contribution in [0, 0.1) is 0 Å². The summed E-state index contributed by atoms with van der Waals surface area (Å²) < 4.78 is 0. The Morgan fingerprint density at radius 1 is 0.900 bits per heavy atom. The Labute approximate surface area is 177 Å². The molecule has 1 fully saturated rings. The first kappa shape index (κ1) is 18.7. The lowest BCUT2D eigenvalue weighted by Crippen LogP contribution is -2.36. The van der Waals surface area contributed by atoms with Crippen LogP contribution in [-0.2, 0) is 6.42 Å². The van der Waals surface area contributed by atoms with Crippen LogP contribution >= 0.6 is 0 Å². The van der Waals surface area contributed by atoms with Gasteiger partial charge in [-0.3, -0.25) is 14.8 Å². The first-order chi connectivity index (χ1) is 14.8. The molecule has 0 radical (unpaired) electrons. The predicted molar refractivity (Wildman–Crippen MR) is 119 cm³/mol. The van der Waals surface area contributed by atoms with Gasteiger partial charge in [-0.25, -0.2) is 0 Å². The molecular weight excluding hydrogens is 370 g/mol. The summed E-state index contributed by atoms with van der Waals surface area (Å²) in [6, 6.07) is 7.84. The largest absolute Gasteiger partial charge is 0.338 e. The second-order valence-corrected chi connectivity index (χ2v) is 8.03. The first-order valence-corrected chi connectivity index (χ1v) is 10.7. The first-order valence-electron chi connectivity index (χ1n) is 10.7. The highest BCUT2D eigenvalue weighted by Gasteiger charge is 2.27. The maximum absolute atomic E-state index is 12.8. The molecule has 0 saturated carbocycles. The average Bonchev–Trinajstić information content (AvgIpc) is 2.80. The minimum absolute atomic E-state index is 0.0992. The van der Waals surface area contributed by atoms with E-state index in [4.69, 9.17) is 4.98 Å². The fourth-order valence-corrected chi connectivity index (χ4v) is 4.71. The maximum atomic E-state index is 12.8. The van der Waals surface area contributed by atoms with Crippen LogP contribution in [-0.4, -0.2) is 33.9 Å². The van der Waals surface area contributed by atoms with Crippen LogP contribution in [0.3, 0.4) is 0 Å². The van der Waals surface area contributed by atoms with Gasteiger partial charge >= 0.3 is 0 Å². The van der Waals surface area contributed by atoms with Crippen LogP contribution in [0.4, 0.5) is 0 Å². The van der Waals surface area contributed by atoms with Gasteiger partial charge in [-0.2, -0.15) is 0 Å². The third-order valence-electron chi connectivity index (χ3n) is 6.28. The summed E-state index contributed by atoms with van der Waals surface area (Å²) in [5.74, 6) is 0.0992. The van der Waals surface area contributed by atoms with E-state index in [0.717, 1.165) is 50.9 Å². The minimum atomic E-state index is 0.0992. The molecule has 0 atom stereocenters. The van der Waals surface area contributed by atoms with E-state index >= 15 is 0 Å². The van der Waals surface area contributed by atoms with E-state index in [2.05, 4.69) is 35.4 Å². The predicted octanol–water partition coefficient (Wildman–Crippen LogP) is 4.93. The zero-order chi connectivity index (χ0) is 20.3. The molecule has 4 heteroatoms. The lowest BCUT2D eigenvalue weighted by atomic mass is 9.80. The zero-order valence-electron chi connectivity index (χ0n) is 17.1. The Bertz CT molecular complexity index is 1080. The Balaban J connectivity index is 1.47. The fraction of sp³-hybridized carbons (Fsp3) is 0.269. The van der Waals surface area contributed by atoms with E-state index in [-0.39, 0.29) is 5.91 Å². The van der Waals surface area contributed by atoms with Crippen molar-refractivity contribution in [2.45, 2.75) is 32.1 Å². The molecule has 0 bridgehead atoms. The van der Waals surface area contributed by atoms with E-state index in [0.29, 0.717) is 5.56 Å². The molecule has 4 nitrogen and oxygen atoms in total. The number of carbonyl (C=O) groups is 1. The number of aryl methyl sites for hydroxylation is 1. The molecule has 0 unspecified atom stereocenters. The van der Waals surface area contributed by atoms with Gasteiger partial charge in [0, 0.05) is 42.8 Å². The zero-order valence-corrected chi connectivity index (χ0v) is 17.1. The number of rotatable bonds is 1. The number of likely N-dealkylation sites (tertiary alicyclic amines) is 1. The maximum Gasteiger partial charge on any atom is 0.253 e. The Kier molecular flexibility index (Phi) is 5.14. The third kappa shape index (κ3) is 3.54. The van der Waals surface area contributed by atoms with Crippen molar-refractivity contribution >= 4 is 11.5 Å². The van der Waals surface area contributed by atoms with Gasteiger partial charge in [-0.05, 0) is 61.4 Å². The van der Waals surface area contributed by atoms with Gasteiger partial charge in [0.15, 0.2) is 0 Å². The molecule has 30 heavy (non-hydrogen) atoms. The number of allylic oxidation sites excluding steroid dienone is 7. The molecule has 2 aromatic rings. The van der Waals surface area contributed by atoms with Crippen LogP contribution in [0.25, 0.3) is 5.57 Å². The van der Waals surface area contributed by atoms with Crippen molar-refractivity contribution in [3.05, 3.63) is 101 Å². The number of aromatic nitrogens is 2. The lowest BCUT2D eigenvalue weighted by Gasteiger charge is -2.31. The van der Waals surface area contributed by atoms with Gasteiger partial charge in [0.05, 0.1) is 5.69 Å². The van der Waals surface area contributed by atoms with Gasteiger partial charge in [0.2, 0.25) is 0 Å². The van der Waals surface area contributed by atoms with E-state index in [1.54, 1.807) is 24.5 Å². The Hall–Kier alpha value is -3.27. The standard InChI is InChI=1S/C26H25N3O/c30-26(22-10-15-27-16-11-22)29-17-12-19(13-18-29)23-7-3-1-2-5-20-8-9-21-6-4-14-28-25(21)24(20)23/h1-4,6-7,10-11,14-16H,5,8-9,12-13,17-18H2/b2-1-,7-3-. The summed E-state index contributed by atoms with van der Waals surface area (Å²) in [5, 5.41) is 0. The van der Waals surface area contributed by atoms with Gasteiger partial charge in [-0.15, -0.1) is 0 Å². The van der Waals surface area contributed by atoms with Crippen molar-refractivity contribution in [2.75, 3.05) is 13.1 Å². The summed E-state index contributed by atoms with van der Waals surface area (Å²) in [5.41, 5.74) is 8.79. The smallest absolute Gasteiger partial charge is 0.253 e. The molecule has 3 aliphatic rings. The molecule has 1 saturated heterocycles. The lowest BCUT2D eigenvalue weighted by molar-refractivity contribution is 0.0743. The molecule has 1 amide bonds. The topological polar surface area (TPSA) is 46.1 Å². The summed E-state index contributed by atoms with van der Waals surface area (Å²) in [6.45, 7) is 1.50. The average molecular weight is 396 g/mol. The molecule has 2 aromatic heterocycles.